The second kappa shape index (κ2) is 71.5. The summed E-state index contributed by atoms with van der Waals surface area (Å²) >= 11 is 0. The molecule has 532 valence electrons. The summed E-state index contributed by atoms with van der Waals surface area (Å²) in [5.41, 5.74) is 0. The summed E-state index contributed by atoms with van der Waals surface area (Å²) in [6.07, 6.45) is 94.2. The average Bonchev–Trinajstić information content (AvgIpc) is 3.62. The molecule has 8 nitrogen and oxygen atoms in total. The lowest BCUT2D eigenvalue weighted by molar-refractivity contribution is -0.870. The Labute approximate surface area is 558 Å². The molecular weight excluding hydrogens is 1120 g/mol. The van der Waals surface area contributed by atoms with Gasteiger partial charge in [0.25, 0.3) is 0 Å². The maximum atomic E-state index is 13.1. The smallest absolute Gasteiger partial charge is 0.387 e. The molecule has 0 aromatic carbocycles. The van der Waals surface area contributed by atoms with Crippen molar-refractivity contribution in [2.24, 2.45) is 0 Å². The Kier molecular flexibility index (Phi) is 70.9. The Morgan fingerprint density at radius 3 is 0.831 bits per heavy atom. The van der Waals surface area contributed by atoms with Gasteiger partial charge in [-0.25, -0.2) is 4.57 Å². The average molecular weight is 1280 g/mol. The molecule has 0 aromatic heterocycles. The van der Waals surface area contributed by atoms with Gasteiger partial charge in [0.2, 0.25) is 5.91 Å². The van der Waals surface area contributed by atoms with Crippen molar-refractivity contribution in [3.05, 3.63) is 12.2 Å². The van der Waals surface area contributed by atoms with E-state index in [2.05, 4.69) is 19.2 Å². The number of phosphoric ester groups is 1. The number of aliphatic hydroxyl groups is 1. The number of carbonyl (C=O) groups is 1. The largest absolute Gasteiger partial charge is 0.472 e. The van der Waals surface area contributed by atoms with E-state index in [1.165, 1.54) is 392 Å². The van der Waals surface area contributed by atoms with Gasteiger partial charge in [0.1, 0.15) is 13.2 Å². The highest BCUT2D eigenvalue weighted by molar-refractivity contribution is 7.47. The lowest BCUT2D eigenvalue weighted by atomic mass is 10.0. The van der Waals surface area contributed by atoms with Crippen LogP contribution in [0.2, 0.25) is 0 Å². The van der Waals surface area contributed by atoms with E-state index < -0.39 is 20.0 Å². The highest BCUT2D eigenvalue weighted by Crippen LogP contribution is 2.43. The number of quaternary nitrogens is 1. The van der Waals surface area contributed by atoms with Crippen molar-refractivity contribution in [3.8, 4) is 0 Å². The van der Waals surface area contributed by atoms with Gasteiger partial charge in [0, 0.05) is 6.42 Å². The van der Waals surface area contributed by atoms with Gasteiger partial charge in [0.05, 0.1) is 39.9 Å². The Bertz CT molecular complexity index is 1460. The molecule has 0 aliphatic rings. The molecule has 3 unspecified atom stereocenters. The van der Waals surface area contributed by atoms with Gasteiger partial charge >= 0.3 is 7.82 Å². The quantitative estimate of drug-likeness (QED) is 0.0243. The molecule has 1 amide bonds. The monoisotopic (exact) mass is 1280 g/mol. The van der Waals surface area contributed by atoms with Crippen molar-refractivity contribution in [2.75, 3.05) is 40.9 Å². The van der Waals surface area contributed by atoms with Crippen LogP contribution in [0.4, 0.5) is 0 Å². The van der Waals surface area contributed by atoms with Crippen LogP contribution in [-0.4, -0.2) is 73.4 Å². The van der Waals surface area contributed by atoms with Crippen molar-refractivity contribution in [1.29, 1.82) is 0 Å². The zero-order valence-corrected chi connectivity index (χ0v) is 62.1. The van der Waals surface area contributed by atoms with Gasteiger partial charge in [-0.1, -0.05) is 431 Å². The Hall–Kier alpha value is -0.760. The maximum Gasteiger partial charge on any atom is 0.472 e. The van der Waals surface area contributed by atoms with Crippen LogP contribution in [0.15, 0.2) is 12.2 Å². The molecule has 0 saturated carbocycles. The van der Waals surface area contributed by atoms with E-state index in [9.17, 15) is 19.4 Å². The number of aliphatic hydroxyl groups excluding tert-OH is 1. The van der Waals surface area contributed by atoms with Crippen molar-refractivity contribution in [3.63, 3.8) is 0 Å². The number of nitrogens with zero attached hydrogens (tertiary/aromatic N) is 1. The molecule has 89 heavy (non-hydrogen) atoms. The standard InChI is InChI=1S/C80H161N2O6P/c1-6-8-10-12-14-16-18-20-22-24-26-28-30-32-34-36-37-38-39-40-41-42-43-44-45-46-48-50-52-54-56-58-60-62-64-66-68-70-72-74-80(84)81-78(77-88-89(85,86)87-76-75-82(3,4)5)79(83)73-71-69-67-65-63-61-59-57-55-53-51-49-47-35-33-31-29-27-25-23-21-19-17-15-13-11-9-7-2/h71,73,78-79,83H,6-70,72,74-77H2,1-5H3,(H-,81,84,85,86)/p+1/b73-71+. The SMILES string of the molecule is CCCCCCCCCCCCCCCCCCCCCCCCCCCC/C=C/C(O)C(COP(=O)(O)OCC[N+](C)(C)C)NC(=O)CCCCCCCCCCCCCCCCCCCCCCCCCCCCCCCCCCCCCCCCC. The number of rotatable bonds is 77. The molecule has 0 aliphatic carbocycles. The number of unbranched alkanes of at least 4 members (excludes halogenated alkanes) is 64. The Morgan fingerprint density at radius 2 is 0.596 bits per heavy atom. The first-order chi connectivity index (χ1) is 43.5. The minimum absolute atomic E-state index is 0.0657. The summed E-state index contributed by atoms with van der Waals surface area (Å²) < 4.78 is 23.9. The number of hydrogen-bond acceptors (Lipinski definition) is 5. The van der Waals surface area contributed by atoms with E-state index in [4.69, 9.17) is 9.05 Å². The maximum absolute atomic E-state index is 13.1. The molecule has 0 spiro atoms. The third kappa shape index (κ3) is 74.5. The van der Waals surface area contributed by atoms with Crippen LogP contribution in [0.5, 0.6) is 0 Å². The normalized spacial score (nSPS) is 13.5. The van der Waals surface area contributed by atoms with Crippen molar-refractivity contribution in [1.82, 2.24) is 5.32 Å². The second-order valence-electron chi connectivity index (χ2n) is 29.5. The summed E-state index contributed by atoms with van der Waals surface area (Å²) in [6.45, 7) is 4.90. The van der Waals surface area contributed by atoms with Gasteiger partial charge in [-0.05, 0) is 19.3 Å². The molecule has 3 N–H and O–H groups in total. The summed E-state index contributed by atoms with van der Waals surface area (Å²) in [4.78, 5) is 23.5. The lowest BCUT2D eigenvalue weighted by Crippen LogP contribution is -2.45. The third-order valence-electron chi connectivity index (χ3n) is 19.3. The number of allylic oxidation sites excluding steroid dienone is 1. The minimum Gasteiger partial charge on any atom is -0.387 e. The lowest BCUT2D eigenvalue weighted by Gasteiger charge is -2.25. The molecule has 9 heteroatoms. The number of phosphoric acid groups is 1. The van der Waals surface area contributed by atoms with E-state index >= 15 is 0 Å². The van der Waals surface area contributed by atoms with Crippen LogP contribution in [-0.2, 0) is 18.4 Å². The van der Waals surface area contributed by atoms with E-state index in [0.29, 0.717) is 17.4 Å². The predicted octanol–water partition coefficient (Wildman–Crippen LogP) is 26.4. The predicted molar refractivity (Wildman–Crippen MR) is 392 cm³/mol. The highest BCUT2D eigenvalue weighted by Gasteiger charge is 2.28. The fraction of sp³-hybridized carbons (Fsp3) is 0.963. The van der Waals surface area contributed by atoms with Gasteiger partial charge in [-0.15, -0.1) is 0 Å². The third-order valence-corrected chi connectivity index (χ3v) is 20.2. The summed E-state index contributed by atoms with van der Waals surface area (Å²) in [5, 5.41) is 14.1. The number of hydrogen-bond donors (Lipinski definition) is 3. The van der Waals surface area contributed by atoms with E-state index in [1.807, 2.05) is 27.2 Å². The summed E-state index contributed by atoms with van der Waals surface area (Å²) in [7, 11) is 1.60. The van der Waals surface area contributed by atoms with Gasteiger partial charge < -0.3 is 19.8 Å². The molecule has 0 saturated heterocycles. The molecule has 3 atom stereocenters. The van der Waals surface area contributed by atoms with E-state index in [-0.39, 0.29) is 19.1 Å². The van der Waals surface area contributed by atoms with Crippen LogP contribution in [0.1, 0.15) is 444 Å². The molecule has 0 rings (SSSR count). The number of nitrogens with one attached hydrogen (secondary N) is 1. The first-order valence-corrected chi connectivity index (χ1v) is 42.1. The zero-order valence-electron chi connectivity index (χ0n) is 61.2. The fourth-order valence-electron chi connectivity index (χ4n) is 13.0. The number of carbonyl (C=O) groups excluding carboxylic acids is 1. The van der Waals surface area contributed by atoms with E-state index in [0.717, 1.165) is 32.1 Å². The van der Waals surface area contributed by atoms with Gasteiger partial charge in [-0.3, -0.25) is 13.8 Å². The molecule has 0 aromatic rings. The van der Waals surface area contributed by atoms with Crippen LogP contribution in [0.3, 0.4) is 0 Å². The van der Waals surface area contributed by atoms with Gasteiger partial charge in [-0.2, -0.15) is 0 Å². The Morgan fingerprint density at radius 1 is 0.371 bits per heavy atom. The topological polar surface area (TPSA) is 105 Å². The van der Waals surface area contributed by atoms with Crippen molar-refractivity contribution in [2.45, 2.75) is 456 Å². The van der Waals surface area contributed by atoms with Crippen LogP contribution in [0, 0.1) is 0 Å². The molecule has 0 fully saturated rings. The molecule has 0 radical (unpaired) electrons. The molecular formula is C80H162N2O6P+. The zero-order chi connectivity index (χ0) is 64.8. The minimum atomic E-state index is -4.35. The van der Waals surface area contributed by atoms with Crippen LogP contribution < -0.4 is 5.32 Å². The number of likely N-dealkylation sites (N-methyl/N-ethyl adjacent to an activating group) is 1. The van der Waals surface area contributed by atoms with Crippen molar-refractivity contribution >= 4 is 13.7 Å². The summed E-state index contributed by atoms with van der Waals surface area (Å²) in [5.74, 6) is -0.165. The van der Waals surface area contributed by atoms with Crippen LogP contribution >= 0.6 is 7.82 Å². The van der Waals surface area contributed by atoms with Crippen molar-refractivity contribution < 1.29 is 32.9 Å². The first-order valence-electron chi connectivity index (χ1n) is 40.6. The first kappa shape index (κ1) is 88.2. The molecule has 0 heterocycles. The van der Waals surface area contributed by atoms with Gasteiger partial charge in [0.15, 0.2) is 0 Å². The molecule has 0 aliphatic heterocycles. The second-order valence-corrected chi connectivity index (χ2v) is 31.0. The molecule has 0 bridgehead atoms. The summed E-state index contributed by atoms with van der Waals surface area (Å²) in [6, 6.07) is -0.845. The number of amides is 1. The van der Waals surface area contributed by atoms with Crippen LogP contribution in [0.25, 0.3) is 0 Å². The fourth-order valence-corrected chi connectivity index (χ4v) is 13.7. The Balaban J connectivity index is 3.90. The van der Waals surface area contributed by atoms with E-state index in [1.54, 1.807) is 6.08 Å². The highest BCUT2D eigenvalue weighted by atomic mass is 31.2.